The lowest BCUT2D eigenvalue weighted by atomic mass is 9.99. The van der Waals surface area contributed by atoms with Gasteiger partial charge in [0.25, 0.3) is 0 Å². The fraction of sp³-hybridized carbons (Fsp3) is 0.667. The maximum Gasteiger partial charge on any atom is 0.0538 e. The average molecular weight is 262 g/mol. The van der Waals surface area contributed by atoms with Crippen molar-refractivity contribution in [3.8, 4) is 0 Å². The SMILES string of the molecule is C=Cn1cc(CNCCCN2CCC(C)CC2)cn1. The summed E-state index contributed by atoms with van der Waals surface area (Å²) in [5.74, 6) is 0.927. The lowest BCUT2D eigenvalue weighted by Crippen LogP contribution is -2.34. The van der Waals surface area contributed by atoms with Crippen LogP contribution >= 0.6 is 0 Å². The molecule has 1 aromatic rings. The molecule has 1 saturated heterocycles. The number of nitrogens with zero attached hydrogens (tertiary/aromatic N) is 3. The summed E-state index contributed by atoms with van der Waals surface area (Å²) in [6, 6.07) is 0. The number of likely N-dealkylation sites (tertiary alicyclic amines) is 1. The molecule has 4 nitrogen and oxygen atoms in total. The van der Waals surface area contributed by atoms with Crippen LogP contribution in [0.1, 0.15) is 31.7 Å². The third-order valence-electron chi connectivity index (χ3n) is 3.88. The van der Waals surface area contributed by atoms with Gasteiger partial charge in [0.2, 0.25) is 0 Å². The van der Waals surface area contributed by atoms with E-state index < -0.39 is 0 Å². The lowest BCUT2D eigenvalue weighted by Gasteiger charge is -2.30. The van der Waals surface area contributed by atoms with Crippen molar-refractivity contribution >= 4 is 6.20 Å². The molecule has 0 spiro atoms. The Morgan fingerprint density at radius 2 is 2.26 bits per heavy atom. The van der Waals surface area contributed by atoms with Crippen LogP contribution < -0.4 is 5.32 Å². The highest BCUT2D eigenvalue weighted by atomic mass is 15.2. The van der Waals surface area contributed by atoms with Crippen LogP contribution in [0, 0.1) is 5.92 Å². The molecule has 0 saturated carbocycles. The second-order valence-electron chi connectivity index (χ2n) is 5.57. The highest BCUT2D eigenvalue weighted by Crippen LogP contribution is 2.15. The molecule has 1 aliphatic rings. The summed E-state index contributed by atoms with van der Waals surface area (Å²) in [5.41, 5.74) is 1.21. The third-order valence-corrected chi connectivity index (χ3v) is 3.88. The number of rotatable bonds is 7. The van der Waals surface area contributed by atoms with Crippen LogP contribution in [0.3, 0.4) is 0 Å². The van der Waals surface area contributed by atoms with Gasteiger partial charge < -0.3 is 10.2 Å². The molecule has 0 aliphatic carbocycles. The Balaban J connectivity index is 1.53. The molecular formula is C15H26N4. The van der Waals surface area contributed by atoms with E-state index in [4.69, 9.17) is 0 Å². The van der Waals surface area contributed by atoms with Crippen molar-refractivity contribution in [2.75, 3.05) is 26.2 Å². The van der Waals surface area contributed by atoms with Gasteiger partial charge in [0.15, 0.2) is 0 Å². The Kier molecular flexibility index (Phi) is 5.61. The zero-order valence-corrected chi connectivity index (χ0v) is 12.0. The minimum absolute atomic E-state index is 0.894. The van der Waals surface area contributed by atoms with Crippen LogP contribution in [0.25, 0.3) is 6.20 Å². The van der Waals surface area contributed by atoms with E-state index in [1.165, 1.54) is 44.5 Å². The molecule has 0 radical (unpaired) electrons. The molecule has 4 heteroatoms. The van der Waals surface area contributed by atoms with E-state index in [0.717, 1.165) is 19.0 Å². The Labute approximate surface area is 116 Å². The smallest absolute Gasteiger partial charge is 0.0538 e. The first-order valence-electron chi connectivity index (χ1n) is 7.36. The molecule has 106 valence electrons. The molecule has 0 amide bonds. The predicted octanol–water partition coefficient (Wildman–Crippen LogP) is 2.20. The van der Waals surface area contributed by atoms with Gasteiger partial charge in [0.05, 0.1) is 6.20 Å². The molecule has 0 atom stereocenters. The standard InChI is InChI=1S/C15H26N4/c1-3-19-13-15(12-17-19)11-16-7-4-8-18-9-5-14(2)6-10-18/h3,12-14,16H,1,4-11H2,2H3. The first-order valence-corrected chi connectivity index (χ1v) is 7.36. The summed E-state index contributed by atoms with van der Waals surface area (Å²) in [4.78, 5) is 2.59. The van der Waals surface area contributed by atoms with E-state index in [2.05, 4.69) is 28.8 Å². The van der Waals surface area contributed by atoms with Crippen LogP contribution in [0.2, 0.25) is 0 Å². The van der Waals surface area contributed by atoms with Crippen molar-refractivity contribution in [3.05, 3.63) is 24.5 Å². The summed E-state index contributed by atoms with van der Waals surface area (Å²) < 4.78 is 1.74. The maximum atomic E-state index is 4.16. The number of hydrogen-bond acceptors (Lipinski definition) is 3. The van der Waals surface area contributed by atoms with Crippen molar-refractivity contribution in [2.24, 2.45) is 5.92 Å². The molecule has 0 bridgehead atoms. The van der Waals surface area contributed by atoms with Crippen LogP contribution in [0.4, 0.5) is 0 Å². The number of piperidine rings is 1. The van der Waals surface area contributed by atoms with Crippen molar-refractivity contribution in [2.45, 2.75) is 32.7 Å². The summed E-state index contributed by atoms with van der Waals surface area (Å²) in [7, 11) is 0. The zero-order chi connectivity index (χ0) is 13.5. The van der Waals surface area contributed by atoms with Crippen LogP contribution in [0.5, 0.6) is 0 Å². The molecule has 1 fully saturated rings. The molecule has 0 unspecified atom stereocenters. The minimum Gasteiger partial charge on any atom is -0.313 e. The first kappa shape index (κ1) is 14.3. The van der Waals surface area contributed by atoms with Crippen molar-refractivity contribution in [3.63, 3.8) is 0 Å². The molecular weight excluding hydrogens is 236 g/mol. The molecule has 2 rings (SSSR count). The van der Waals surface area contributed by atoms with Gasteiger partial charge in [-0.05, 0) is 51.4 Å². The van der Waals surface area contributed by atoms with Gasteiger partial charge in [-0.2, -0.15) is 5.10 Å². The van der Waals surface area contributed by atoms with Crippen molar-refractivity contribution < 1.29 is 0 Å². The topological polar surface area (TPSA) is 33.1 Å². The summed E-state index contributed by atoms with van der Waals surface area (Å²) >= 11 is 0. The van der Waals surface area contributed by atoms with E-state index in [1.54, 1.807) is 10.9 Å². The third kappa shape index (κ3) is 4.80. The summed E-state index contributed by atoms with van der Waals surface area (Å²) in [5, 5.41) is 7.64. The Morgan fingerprint density at radius 1 is 1.47 bits per heavy atom. The van der Waals surface area contributed by atoms with Gasteiger partial charge in [0.1, 0.15) is 0 Å². The van der Waals surface area contributed by atoms with Crippen LogP contribution in [-0.4, -0.2) is 40.9 Å². The fourth-order valence-corrected chi connectivity index (χ4v) is 2.51. The highest BCUT2D eigenvalue weighted by molar-refractivity contribution is 5.17. The van der Waals surface area contributed by atoms with Gasteiger partial charge in [-0.1, -0.05) is 13.5 Å². The van der Waals surface area contributed by atoms with Gasteiger partial charge in [-0.15, -0.1) is 0 Å². The van der Waals surface area contributed by atoms with Crippen molar-refractivity contribution in [1.82, 2.24) is 20.0 Å². The van der Waals surface area contributed by atoms with E-state index in [0.29, 0.717) is 0 Å². The van der Waals surface area contributed by atoms with Gasteiger partial charge in [-0.3, -0.25) is 0 Å². The first-order chi connectivity index (χ1) is 9.28. The lowest BCUT2D eigenvalue weighted by molar-refractivity contribution is 0.190. The largest absolute Gasteiger partial charge is 0.313 e. The number of hydrogen-bond donors (Lipinski definition) is 1. The molecule has 1 N–H and O–H groups in total. The van der Waals surface area contributed by atoms with E-state index in [-0.39, 0.29) is 0 Å². The van der Waals surface area contributed by atoms with Gasteiger partial charge >= 0.3 is 0 Å². The summed E-state index contributed by atoms with van der Waals surface area (Å²) in [6.45, 7) is 11.8. The second kappa shape index (κ2) is 7.46. The quantitative estimate of drug-likeness (QED) is 0.765. The normalized spacial score (nSPS) is 17.7. The highest BCUT2D eigenvalue weighted by Gasteiger charge is 2.14. The molecule has 19 heavy (non-hydrogen) atoms. The van der Waals surface area contributed by atoms with Crippen molar-refractivity contribution in [1.29, 1.82) is 0 Å². The summed E-state index contributed by atoms with van der Waals surface area (Å²) in [6.07, 6.45) is 9.57. The Hall–Kier alpha value is -1.13. The maximum absolute atomic E-state index is 4.16. The van der Waals surface area contributed by atoms with Crippen LogP contribution in [-0.2, 0) is 6.54 Å². The fourth-order valence-electron chi connectivity index (χ4n) is 2.51. The molecule has 1 aromatic heterocycles. The molecule has 1 aliphatic heterocycles. The van der Waals surface area contributed by atoms with Gasteiger partial charge in [-0.25, -0.2) is 4.68 Å². The minimum atomic E-state index is 0.894. The second-order valence-corrected chi connectivity index (χ2v) is 5.57. The van der Waals surface area contributed by atoms with E-state index in [9.17, 15) is 0 Å². The zero-order valence-electron chi connectivity index (χ0n) is 12.0. The molecule has 2 heterocycles. The van der Waals surface area contributed by atoms with Crippen LogP contribution in [0.15, 0.2) is 19.0 Å². The Morgan fingerprint density at radius 3 is 2.95 bits per heavy atom. The van der Waals surface area contributed by atoms with Gasteiger partial charge in [0, 0.05) is 24.5 Å². The van der Waals surface area contributed by atoms with E-state index in [1.807, 2.05) is 12.4 Å². The molecule has 0 aromatic carbocycles. The average Bonchev–Trinajstić information content (AvgIpc) is 2.88. The van der Waals surface area contributed by atoms with E-state index >= 15 is 0 Å². The Bertz CT molecular complexity index is 377. The predicted molar refractivity (Wildman–Crippen MR) is 79.8 cm³/mol. The monoisotopic (exact) mass is 262 g/mol. The number of nitrogens with one attached hydrogen (secondary N) is 1. The number of aromatic nitrogens is 2.